The molecule has 1 aromatic carbocycles. The number of nitrogens with one attached hydrogen (secondary N) is 1. The van der Waals surface area contributed by atoms with Gasteiger partial charge in [0.15, 0.2) is 0 Å². The third kappa shape index (κ3) is 3.00. The molecule has 1 heterocycles. The first-order valence-corrected chi connectivity index (χ1v) is 6.30. The highest BCUT2D eigenvalue weighted by molar-refractivity contribution is 7.08. The molecule has 0 aliphatic heterocycles. The molecular formula is C13H15NOS. The maximum atomic E-state index is 5.39. The molecule has 2 nitrogen and oxygen atoms in total. The Morgan fingerprint density at radius 2 is 2.00 bits per heavy atom. The normalized spacial score (nSPS) is 10.1. The van der Waals surface area contributed by atoms with E-state index in [1.54, 1.807) is 11.3 Å². The molecule has 0 aliphatic rings. The van der Waals surface area contributed by atoms with E-state index in [1.165, 1.54) is 11.3 Å². The van der Waals surface area contributed by atoms with E-state index in [0.29, 0.717) is 6.61 Å². The van der Waals surface area contributed by atoms with E-state index in [4.69, 9.17) is 4.74 Å². The van der Waals surface area contributed by atoms with Crippen molar-refractivity contribution >= 4 is 17.0 Å². The fourth-order valence-electron chi connectivity index (χ4n) is 1.44. The van der Waals surface area contributed by atoms with Crippen molar-refractivity contribution in [2.24, 2.45) is 0 Å². The third-order valence-electron chi connectivity index (χ3n) is 2.25. The molecular weight excluding hydrogens is 218 g/mol. The highest BCUT2D eigenvalue weighted by atomic mass is 32.1. The van der Waals surface area contributed by atoms with Crippen molar-refractivity contribution in [2.75, 3.05) is 11.9 Å². The summed E-state index contributed by atoms with van der Waals surface area (Å²) < 4.78 is 5.39. The summed E-state index contributed by atoms with van der Waals surface area (Å²) in [5.41, 5.74) is 2.44. The van der Waals surface area contributed by atoms with Gasteiger partial charge in [-0.15, -0.1) is 0 Å². The zero-order valence-corrected chi connectivity index (χ0v) is 10.1. The van der Waals surface area contributed by atoms with Crippen LogP contribution in [-0.2, 0) is 6.54 Å². The number of thiophene rings is 1. The Kier molecular flexibility index (Phi) is 3.83. The Balaban J connectivity index is 1.90. The van der Waals surface area contributed by atoms with E-state index < -0.39 is 0 Å². The zero-order chi connectivity index (χ0) is 11.2. The van der Waals surface area contributed by atoms with Gasteiger partial charge in [-0.3, -0.25) is 0 Å². The SMILES string of the molecule is CCOc1ccc(CNc2ccsc2)cc1. The van der Waals surface area contributed by atoms with Crippen LogP contribution in [0.1, 0.15) is 12.5 Å². The Hall–Kier alpha value is -1.48. The highest BCUT2D eigenvalue weighted by Gasteiger charge is 1.95. The molecule has 0 saturated carbocycles. The minimum atomic E-state index is 0.715. The number of rotatable bonds is 5. The van der Waals surface area contributed by atoms with Gasteiger partial charge in [0.05, 0.1) is 6.61 Å². The number of ether oxygens (including phenoxy) is 1. The van der Waals surface area contributed by atoms with Gasteiger partial charge in [0, 0.05) is 17.6 Å². The molecule has 1 aromatic heterocycles. The molecule has 0 amide bonds. The highest BCUT2D eigenvalue weighted by Crippen LogP contribution is 2.15. The topological polar surface area (TPSA) is 21.3 Å². The molecule has 0 spiro atoms. The third-order valence-corrected chi connectivity index (χ3v) is 2.94. The number of hydrogen-bond donors (Lipinski definition) is 1. The average molecular weight is 233 g/mol. The second kappa shape index (κ2) is 5.56. The Morgan fingerprint density at radius 3 is 2.62 bits per heavy atom. The molecule has 3 heteroatoms. The zero-order valence-electron chi connectivity index (χ0n) is 9.27. The monoisotopic (exact) mass is 233 g/mol. The van der Waals surface area contributed by atoms with Gasteiger partial charge in [-0.1, -0.05) is 12.1 Å². The summed E-state index contributed by atoms with van der Waals surface area (Å²) in [5.74, 6) is 0.932. The Bertz CT molecular complexity index is 408. The van der Waals surface area contributed by atoms with E-state index in [0.717, 1.165) is 12.3 Å². The molecule has 16 heavy (non-hydrogen) atoms. The van der Waals surface area contributed by atoms with Crippen LogP contribution < -0.4 is 10.1 Å². The van der Waals surface area contributed by atoms with Crippen molar-refractivity contribution in [1.29, 1.82) is 0 Å². The van der Waals surface area contributed by atoms with Crippen molar-refractivity contribution in [2.45, 2.75) is 13.5 Å². The van der Waals surface area contributed by atoms with Gasteiger partial charge >= 0.3 is 0 Å². The van der Waals surface area contributed by atoms with Crippen molar-refractivity contribution in [1.82, 2.24) is 0 Å². The van der Waals surface area contributed by atoms with Crippen LogP contribution in [0, 0.1) is 0 Å². The van der Waals surface area contributed by atoms with Gasteiger partial charge < -0.3 is 10.1 Å². The fourth-order valence-corrected chi connectivity index (χ4v) is 2.05. The van der Waals surface area contributed by atoms with Crippen LogP contribution in [0.5, 0.6) is 5.75 Å². The summed E-state index contributed by atoms with van der Waals surface area (Å²) in [6.07, 6.45) is 0. The first-order chi connectivity index (χ1) is 7.88. The Labute approximate surface area is 99.9 Å². The van der Waals surface area contributed by atoms with Crippen LogP contribution >= 0.6 is 11.3 Å². The molecule has 1 N–H and O–H groups in total. The quantitative estimate of drug-likeness (QED) is 0.849. The average Bonchev–Trinajstić information content (AvgIpc) is 2.82. The van der Waals surface area contributed by atoms with Crippen LogP contribution in [0.2, 0.25) is 0 Å². The van der Waals surface area contributed by atoms with Crippen LogP contribution in [0.15, 0.2) is 41.1 Å². The minimum Gasteiger partial charge on any atom is -0.494 e. The molecule has 0 radical (unpaired) electrons. The molecule has 2 rings (SSSR count). The summed E-state index contributed by atoms with van der Waals surface area (Å²) in [6.45, 7) is 3.56. The smallest absolute Gasteiger partial charge is 0.119 e. The summed E-state index contributed by atoms with van der Waals surface area (Å²) >= 11 is 1.70. The molecule has 0 atom stereocenters. The van der Waals surface area contributed by atoms with E-state index in [1.807, 2.05) is 19.1 Å². The van der Waals surface area contributed by atoms with E-state index in [2.05, 4.69) is 34.3 Å². The van der Waals surface area contributed by atoms with Gasteiger partial charge in [0.25, 0.3) is 0 Å². The standard InChI is InChI=1S/C13H15NOS/c1-2-15-13-5-3-11(4-6-13)9-14-12-7-8-16-10-12/h3-8,10,14H,2,9H2,1H3. The van der Waals surface area contributed by atoms with Gasteiger partial charge in [0.2, 0.25) is 0 Å². The van der Waals surface area contributed by atoms with Crippen LogP contribution in [0.4, 0.5) is 5.69 Å². The van der Waals surface area contributed by atoms with Gasteiger partial charge in [-0.25, -0.2) is 0 Å². The van der Waals surface area contributed by atoms with E-state index in [-0.39, 0.29) is 0 Å². The van der Waals surface area contributed by atoms with Gasteiger partial charge in [-0.2, -0.15) is 11.3 Å². The van der Waals surface area contributed by atoms with Crippen molar-refractivity contribution in [3.8, 4) is 5.75 Å². The van der Waals surface area contributed by atoms with Crippen LogP contribution in [-0.4, -0.2) is 6.61 Å². The van der Waals surface area contributed by atoms with Crippen molar-refractivity contribution < 1.29 is 4.74 Å². The fraction of sp³-hybridized carbons (Fsp3) is 0.231. The summed E-state index contributed by atoms with van der Waals surface area (Å²) in [5, 5.41) is 7.54. The molecule has 0 unspecified atom stereocenters. The lowest BCUT2D eigenvalue weighted by molar-refractivity contribution is 0.340. The van der Waals surface area contributed by atoms with Gasteiger partial charge in [-0.05, 0) is 36.1 Å². The van der Waals surface area contributed by atoms with Crippen molar-refractivity contribution in [3.63, 3.8) is 0 Å². The lowest BCUT2D eigenvalue weighted by Crippen LogP contribution is -1.98. The molecule has 2 aromatic rings. The first kappa shape index (κ1) is 11.0. The minimum absolute atomic E-state index is 0.715. The predicted molar refractivity (Wildman–Crippen MR) is 69.3 cm³/mol. The number of hydrogen-bond acceptors (Lipinski definition) is 3. The first-order valence-electron chi connectivity index (χ1n) is 5.36. The largest absolute Gasteiger partial charge is 0.494 e. The molecule has 0 bridgehead atoms. The Morgan fingerprint density at radius 1 is 1.19 bits per heavy atom. The maximum Gasteiger partial charge on any atom is 0.119 e. The second-order valence-electron chi connectivity index (χ2n) is 3.44. The van der Waals surface area contributed by atoms with E-state index in [9.17, 15) is 0 Å². The predicted octanol–water partition coefficient (Wildman–Crippen LogP) is 3.76. The van der Waals surface area contributed by atoms with Crippen LogP contribution in [0.25, 0.3) is 0 Å². The van der Waals surface area contributed by atoms with E-state index >= 15 is 0 Å². The second-order valence-corrected chi connectivity index (χ2v) is 4.22. The summed E-state index contributed by atoms with van der Waals surface area (Å²) in [7, 11) is 0. The number of benzene rings is 1. The van der Waals surface area contributed by atoms with Gasteiger partial charge in [0.1, 0.15) is 5.75 Å². The summed E-state index contributed by atoms with van der Waals surface area (Å²) in [6, 6.07) is 10.3. The molecule has 0 aliphatic carbocycles. The van der Waals surface area contributed by atoms with Crippen molar-refractivity contribution in [3.05, 3.63) is 46.7 Å². The summed E-state index contributed by atoms with van der Waals surface area (Å²) in [4.78, 5) is 0. The molecule has 0 fully saturated rings. The van der Waals surface area contributed by atoms with Crippen LogP contribution in [0.3, 0.4) is 0 Å². The molecule has 84 valence electrons. The molecule has 0 saturated heterocycles. The lowest BCUT2D eigenvalue weighted by Gasteiger charge is -2.06. The number of anilines is 1. The maximum absolute atomic E-state index is 5.39. The lowest BCUT2D eigenvalue weighted by atomic mass is 10.2.